The molecule has 7 nitrogen and oxygen atoms in total. The summed E-state index contributed by atoms with van der Waals surface area (Å²) in [6.45, 7) is 1.55. The molecule has 0 bridgehead atoms. The second-order valence-electron chi connectivity index (χ2n) is 3.78. The van der Waals surface area contributed by atoms with Crippen molar-refractivity contribution in [1.29, 1.82) is 5.26 Å². The van der Waals surface area contributed by atoms with Gasteiger partial charge in [0, 0.05) is 5.69 Å². The van der Waals surface area contributed by atoms with Crippen molar-refractivity contribution in [3.05, 3.63) is 23.8 Å². The van der Waals surface area contributed by atoms with Crippen LogP contribution >= 0.6 is 0 Å². The van der Waals surface area contributed by atoms with Crippen molar-refractivity contribution in [2.45, 2.75) is 18.6 Å². The molecule has 0 saturated heterocycles. The van der Waals surface area contributed by atoms with E-state index in [9.17, 15) is 13.2 Å². The SMILES string of the molecule is CCC(C#N)S(=O)(=O)Nc1ccc(N)cc1C(=O)O. The zero-order valence-corrected chi connectivity index (χ0v) is 10.9. The number of rotatable bonds is 5. The molecule has 0 fully saturated rings. The lowest BCUT2D eigenvalue weighted by Crippen LogP contribution is -2.26. The van der Waals surface area contributed by atoms with Gasteiger partial charge >= 0.3 is 5.97 Å². The first-order valence-electron chi connectivity index (χ1n) is 5.36. The Morgan fingerprint density at radius 1 is 1.58 bits per heavy atom. The van der Waals surface area contributed by atoms with E-state index in [0.29, 0.717) is 0 Å². The highest BCUT2D eigenvalue weighted by Gasteiger charge is 2.25. The van der Waals surface area contributed by atoms with Crippen molar-refractivity contribution < 1.29 is 18.3 Å². The largest absolute Gasteiger partial charge is 0.478 e. The van der Waals surface area contributed by atoms with Gasteiger partial charge in [0.2, 0.25) is 10.0 Å². The fraction of sp³-hybridized carbons (Fsp3) is 0.273. The number of carboxylic acid groups (broad SMARTS) is 1. The minimum Gasteiger partial charge on any atom is -0.478 e. The minimum absolute atomic E-state index is 0.100. The van der Waals surface area contributed by atoms with Crippen LogP contribution in [0, 0.1) is 11.3 Å². The number of nitriles is 1. The zero-order valence-electron chi connectivity index (χ0n) is 10.1. The van der Waals surface area contributed by atoms with Crippen LogP contribution in [-0.2, 0) is 10.0 Å². The monoisotopic (exact) mass is 283 g/mol. The van der Waals surface area contributed by atoms with Crippen molar-refractivity contribution in [3.8, 4) is 6.07 Å². The highest BCUT2D eigenvalue weighted by Crippen LogP contribution is 2.21. The molecule has 1 aromatic carbocycles. The Balaban J connectivity index is 3.21. The number of nitrogen functional groups attached to an aromatic ring is 1. The topological polar surface area (TPSA) is 133 Å². The number of nitrogens with zero attached hydrogens (tertiary/aromatic N) is 1. The second-order valence-corrected chi connectivity index (χ2v) is 5.65. The maximum atomic E-state index is 11.9. The summed E-state index contributed by atoms with van der Waals surface area (Å²) in [6, 6.07) is 5.42. The first-order chi connectivity index (χ1) is 8.81. The maximum absolute atomic E-state index is 11.9. The number of carbonyl (C=O) groups is 1. The van der Waals surface area contributed by atoms with Gasteiger partial charge < -0.3 is 10.8 Å². The zero-order chi connectivity index (χ0) is 14.6. The van der Waals surface area contributed by atoms with Crippen LogP contribution in [0.2, 0.25) is 0 Å². The van der Waals surface area contributed by atoms with Crippen LogP contribution < -0.4 is 10.5 Å². The molecule has 0 aliphatic heterocycles. The van der Waals surface area contributed by atoms with Gasteiger partial charge in [-0.15, -0.1) is 0 Å². The Morgan fingerprint density at radius 3 is 2.68 bits per heavy atom. The summed E-state index contributed by atoms with van der Waals surface area (Å²) in [5.41, 5.74) is 5.27. The number of sulfonamides is 1. The molecule has 1 rings (SSSR count). The standard InChI is InChI=1S/C11H13N3O4S/c1-2-8(6-12)19(17,18)14-10-4-3-7(13)5-9(10)11(15)16/h3-5,8,14H,2,13H2,1H3,(H,15,16). The van der Waals surface area contributed by atoms with Crippen LogP contribution in [-0.4, -0.2) is 24.7 Å². The second kappa shape index (κ2) is 5.58. The summed E-state index contributed by atoms with van der Waals surface area (Å²) < 4.78 is 25.8. The van der Waals surface area contributed by atoms with Gasteiger partial charge in [-0.25, -0.2) is 13.2 Å². The number of nitrogens with one attached hydrogen (secondary N) is 1. The van der Waals surface area contributed by atoms with E-state index < -0.39 is 21.2 Å². The summed E-state index contributed by atoms with van der Waals surface area (Å²) in [4.78, 5) is 11.0. The molecule has 4 N–H and O–H groups in total. The van der Waals surface area contributed by atoms with Crippen molar-refractivity contribution in [2.75, 3.05) is 10.5 Å². The molecule has 0 spiro atoms. The van der Waals surface area contributed by atoms with Crippen LogP contribution in [0.15, 0.2) is 18.2 Å². The van der Waals surface area contributed by atoms with Gasteiger partial charge in [-0.05, 0) is 24.6 Å². The molecule has 0 aliphatic rings. The molecule has 1 atom stereocenters. The molecule has 19 heavy (non-hydrogen) atoms. The van der Waals surface area contributed by atoms with E-state index >= 15 is 0 Å². The fourth-order valence-electron chi connectivity index (χ4n) is 1.43. The molecule has 1 aromatic rings. The first-order valence-corrected chi connectivity index (χ1v) is 6.90. The van der Waals surface area contributed by atoms with E-state index in [-0.39, 0.29) is 23.4 Å². The van der Waals surface area contributed by atoms with Crippen LogP contribution in [0.3, 0.4) is 0 Å². The molecule has 0 saturated carbocycles. The third-order valence-electron chi connectivity index (χ3n) is 2.42. The Hall–Kier alpha value is -2.27. The van der Waals surface area contributed by atoms with Crippen molar-refractivity contribution >= 4 is 27.4 Å². The number of hydrogen-bond acceptors (Lipinski definition) is 5. The van der Waals surface area contributed by atoms with Gasteiger partial charge in [0.15, 0.2) is 5.25 Å². The third kappa shape index (κ3) is 3.35. The summed E-state index contributed by atoms with van der Waals surface area (Å²) in [6.07, 6.45) is 0.100. The summed E-state index contributed by atoms with van der Waals surface area (Å²) in [5, 5.41) is 16.5. The Kier molecular flexibility index (Phi) is 4.34. The van der Waals surface area contributed by atoms with Gasteiger partial charge in [-0.3, -0.25) is 4.72 Å². The van der Waals surface area contributed by atoms with Crippen LogP contribution in [0.25, 0.3) is 0 Å². The van der Waals surface area contributed by atoms with Crippen LogP contribution in [0.1, 0.15) is 23.7 Å². The Bertz CT molecular complexity index is 634. The third-order valence-corrected chi connectivity index (χ3v) is 4.11. The molecule has 0 radical (unpaired) electrons. The molecule has 0 heterocycles. The number of nitrogens with two attached hydrogens (primary N) is 1. The lowest BCUT2D eigenvalue weighted by molar-refractivity contribution is 0.0698. The molecule has 0 amide bonds. The lowest BCUT2D eigenvalue weighted by atomic mass is 10.1. The quantitative estimate of drug-likeness (QED) is 0.690. The molecule has 0 aromatic heterocycles. The molecular weight excluding hydrogens is 270 g/mol. The van der Waals surface area contributed by atoms with E-state index in [2.05, 4.69) is 4.72 Å². The molecule has 1 unspecified atom stereocenters. The normalized spacial score (nSPS) is 12.4. The number of carboxylic acids is 1. The predicted octanol–water partition coefficient (Wildman–Crippen LogP) is 1.01. The van der Waals surface area contributed by atoms with Gasteiger partial charge in [-0.2, -0.15) is 5.26 Å². The van der Waals surface area contributed by atoms with Crippen molar-refractivity contribution in [3.63, 3.8) is 0 Å². The van der Waals surface area contributed by atoms with E-state index in [1.54, 1.807) is 13.0 Å². The number of anilines is 2. The molecule has 102 valence electrons. The Morgan fingerprint density at radius 2 is 2.21 bits per heavy atom. The predicted molar refractivity (Wildman–Crippen MR) is 70.0 cm³/mol. The number of aromatic carboxylic acids is 1. The van der Waals surface area contributed by atoms with Crippen molar-refractivity contribution in [1.82, 2.24) is 0 Å². The molecule has 8 heteroatoms. The lowest BCUT2D eigenvalue weighted by Gasteiger charge is -2.13. The Labute approximate surface area is 110 Å². The summed E-state index contributed by atoms with van der Waals surface area (Å²) in [5.74, 6) is -1.31. The van der Waals surface area contributed by atoms with Crippen molar-refractivity contribution in [2.24, 2.45) is 0 Å². The molecule has 0 aliphatic carbocycles. The van der Waals surface area contributed by atoms with Gasteiger partial charge in [-0.1, -0.05) is 6.92 Å². The van der Waals surface area contributed by atoms with E-state index in [1.807, 2.05) is 0 Å². The number of benzene rings is 1. The van der Waals surface area contributed by atoms with Gasteiger partial charge in [0.25, 0.3) is 0 Å². The minimum atomic E-state index is -3.96. The van der Waals surface area contributed by atoms with Crippen LogP contribution in [0.5, 0.6) is 0 Å². The average Bonchev–Trinajstić information content (AvgIpc) is 2.32. The summed E-state index contributed by atoms with van der Waals surface area (Å²) in [7, 11) is -3.96. The first kappa shape index (κ1) is 14.8. The van der Waals surface area contributed by atoms with Gasteiger partial charge in [0.1, 0.15) is 0 Å². The maximum Gasteiger partial charge on any atom is 0.337 e. The van der Waals surface area contributed by atoms with E-state index in [0.717, 1.165) is 6.07 Å². The van der Waals surface area contributed by atoms with Crippen LogP contribution in [0.4, 0.5) is 11.4 Å². The highest BCUT2D eigenvalue weighted by atomic mass is 32.2. The fourth-order valence-corrected chi connectivity index (χ4v) is 2.64. The van der Waals surface area contributed by atoms with E-state index in [1.165, 1.54) is 12.1 Å². The highest BCUT2D eigenvalue weighted by molar-refractivity contribution is 7.93. The van der Waals surface area contributed by atoms with E-state index in [4.69, 9.17) is 16.1 Å². The van der Waals surface area contributed by atoms with Gasteiger partial charge in [0.05, 0.1) is 17.3 Å². The smallest absolute Gasteiger partial charge is 0.337 e. The molecular formula is C11H13N3O4S. The average molecular weight is 283 g/mol. The number of hydrogen-bond donors (Lipinski definition) is 3. The summed E-state index contributed by atoms with van der Waals surface area (Å²) >= 11 is 0.